The quantitative estimate of drug-likeness (QED) is 0.631. The Hall–Kier alpha value is 0.350. The van der Waals surface area contributed by atoms with Gasteiger partial charge in [-0.1, -0.05) is 13.8 Å². The molecule has 3 fully saturated rings. The van der Waals surface area contributed by atoms with Gasteiger partial charge in [-0.15, -0.1) is 0 Å². The van der Waals surface area contributed by atoms with Crippen LogP contribution in [0.15, 0.2) is 0 Å². The first-order valence-electron chi connectivity index (χ1n) is 5.38. The van der Waals surface area contributed by atoms with E-state index in [1.165, 1.54) is 5.92 Å². The van der Waals surface area contributed by atoms with Crippen molar-refractivity contribution in [2.45, 2.75) is 50.0 Å². The summed E-state index contributed by atoms with van der Waals surface area (Å²) in [7, 11) is 0. The molecule has 1 spiro atoms. The number of rotatable bonds is 2. The van der Waals surface area contributed by atoms with E-state index in [0.29, 0.717) is 0 Å². The van der Waals surface area contributed by atoms with Gasteiger partial charge in [0, 0.05) is 5.25 Å². The van der Waals surface area contributed by atoms with E-state index in [2.05, 4.69) is 25.6 Å². The smallest absolute Gasteiger partial charge is 0.00861 e. The standard InChI is InChI=1S/C11H18S/c1-7(2)12-10-5-8-6-11(8)4-3-9(10)11/h7-10H,3-6H2,1-2H3. The van der Waals surface area contributed by atoms with Crippen LogP contribution >= 0.6 is 11.8 Å². The molecule has 0 nitrogen and oxygen atoms in total. The molecule has 0 amide bonds. The summed E-state index contributed by atoms with van der Waals surface area (Å²) in [5.41, 5.74) is 0.937. The zero-order chi connectivity index (χ0) is 8.34. The molecule has 1 heteroatoms. The van der Waals surface area contributed by atoms with Gasteiger partial charge in [0.2, 0.25) is 0 Å². The summed E-state index contributed by atoms with van der Waals surface area (Å²) in [6.07, 6.45) is 6.30. The van der Waals surface area contributed by atoms with Crippen LogP contribution in [0.5, 0.6) is 0 Å². The molecule has 0 N–H and O–H groups in total. The molecular weight excluding hydrogens is 164 g/mol. The Morgan fingerprint density at radius 2 is 2.25 bits per heavy atom. The molecule has 0 radical (unpaired) electrons. The van der Waals surface area contributed by atoms with Crippen LogP contribution < -0.4 is 0 Å². The normalized spacial score (nSPS) is 54.8. The lowest BCUT2D eigenvalue weighted by Crippen LogP contribution is -2.32. The summed E-state index contributed by atoms with van der Waals surface area (Å²) in [5, 5.41) is 1.91. The summed E-state index contributed by atoms with van der Waals surface area (Å²) < 4.78 is 0. The molecule has 3 aliphatic carbocycles. The van der Waals surface area contributed by atoms with Gasteiger partial charge < -0.3 is 0 Å². The maximum absolute atomic E-state index is 2.35. The van der Waals surface area contributed by atoms with Gasteiger partial charge >= 0.3 is 0 Å². The van der Waals surface area contributed by atoms with Gasteiger partial charge in [-0.05, 0) is 48.2 Å². The first-order valence-corrected chi connectivity index (χ1v) is 6.32. The Bertz CT molecular complexity index is 205. The molecule has 68 valence electrons. The van der Waals surface area contributed by atoms with Crippen molar-refractivity contribution in [1.29, 1.82) is 0 Å². The van der Waals surface area contributed by atoms with Crippen molar-refractivity contribution in [1.82, 2.24) is 0 Å². The average Bonchev–Trinajstić information content (AvgIpc) is 2.55. The fraction of sp³-hybridized carbons (Fsp3) is 1.00. The van der Waals surface area contributed by atoms with E-state index in [1.807, 2.05) is 0 Å². The second-order valence-corrected chi connectivity index (χ2v) is 7.06. The van der Waals surface area contributed by atoms with E-state index in [0.717, 1.165) is 21.8 Å². The molecule has 0 aliphatic heterocycles. The third-order valence-corrected chi connectivity index (χ3v) is 5.77. The van der Waals surface area contributed by atoms with E-state index in [4.69, 9.17) is 0 Å². The highest BCUT2D eigenvalue weighted by Crippen LogP contribution is 2.77. The Balaban J connectivity index is 1.69. The Morgan fingerprint density at radius 3 is 2.75 bits per heavy atom. The van der Waals surface area contributed by atoms with E-state index in [-0.39, 0.29) is 0 Å². The summed E-state index contributed by atoms with van der Waals surface area (Å²) in [6, 6.07) is 0. The Labute approximate surface area is 79.5 Å². The maximum atomic E-state index is 2.35. The van der Waals surface area contributed by atoms with Crippen LogP contribution in [0.25, 0.3) is 0 Å². The zero-order valence-electron chi connectivity index (χ0n) is 8.05. The second-order valence-electron chi connectivity index (χ2n) is 5.24. The summed E-state index contributed by atoms with van der Waals surface area (Å²) in [5.74, 6) is 2.32. The molecule has 3 aliphatic rings. The maximum Gasteiger partial charge on any atom is 0.00861 e. The van der Waals surface area contributed by atoms with Gasteiger partial charge in [-0.25, -0.2) is 0 Å². The molecule has 0 aromatic rings. The predicted octanol–water partition coefficient (Wildman–Crippen LogP) is 3.32. The highest BCUT2D eigenvalue weighted by atomic mass is 32.2. The van der Waals surface area contributed by atoms with Gasteiger partial charge in [-0.3, -0.25) is 0 Å². The third kappa shape index (κ3) is 0.814. The largest absolute Gasteiger partial charge is 0.155 e. The van der Waals surface area contributed by atoms with Crippen LogP contribution in [0.1, 0.15) is 39.5 Å². The van der Waals surface area contributed by atoms with Crippen LogP contribution in [0.2, 0.25) is 0 Å². The van der Waals surface area contributed by atoms with Gasteiger partial charge in [0.25, 0.3) is 0 Å². The fourth-order valence-electron chi connectivity index (χ4n) is 3.66. The van der Waals surface area contributed by atoms with Gasteiger partial charge in [-0.2, -0.15) is 11.8 Å². The molecule has 0 aromatic heterocycles. The molecule has 3 saturated carbocycles. The topological polar surface area (TPSA) is 0 Å². The van der Waals surface area contributed by atoms with Crippen LogP contribution in [0, 0.1) is 17.3 Å². The number of thioether (sulfide) groups is 1. The van der Waals surface area contributed by atoms with Crippen molar-refractivity contribution in [3.05, 3.63) is 0 Å². The molecule has 4 atom stereocenters. The number of hydrogen-bond donors (Lipinski definition) is 0. The van der Waals surface area contributed by atoms with Crippen molar-refractivity contribution in [3.8, 4) is 0 Å². The van der Waals surface area contributed by atoms with E-state index in [9.17, 15) is 0 Å². The van der Waals surface area contributed by atoms with Crippen molar-refractivity contribution < 1.29 is 0 Å². The highest BCUT2D eigenvalue weighted by Gasteiger charge is 2.70. The third-order valence-electron chi connectivity index (χ3n) is 4.35. The minimum atomic E-state index is 0.852. The van der Waals surface area contributed by atoms with Crippen molar-refractivity contribution in [2.75, 3.05) is 0 Å². The van der Waals surface area contributed by atoms with Crippen LogP contribution in [-0.4, -0.2) is 10.5 Å². The van der Waals surface area contributed by atoms with Gasteiger partial charge in [0.05, 0.1) is 0 Å². The van der Waals surface area contributed by atoms with Crippen LogP contribution in [-0.2, 0) is 0 Å². The lowest BCUT2D eigenvalue weighted by atomic mass is 9.71. The molecule has 0 aromatic carbocycles. The lowest BCUT2D eigenvalue weighted by Gasteiger charge is -2.38. The van der Waals surface area contributed by atoms with E-state index in [1.54, 1.807) is 25.7 Å². The van der Waals surface area contributed by atoms with Crippen molar-refractivity contribution in [3.63, 3.8) is 0 Å². The lowest BCUT2D eigenvalue weighted by molar-refractivity contribution is 0.169. The van der Waals surface area contributed by atoms with E-state index >= 15 is 0 Å². The van der Waals surface area contributed by atoms with Gasteiger partial charge in [0.15, 0.2) is 0 Å². The molecule has 0 saturated heterocycles. The first-order chi connectivity index (χ1) is 5.72. The zero-order valence-corrected chi connectivity index (χ0v) is 8.86. The average molecular weight is 182 g/mol. The molecular formula is C11H18S. The van der Waals surface area contributed by atoms with Gasteiger partial charge in [0.1, 0.15) is 0 Å². The number of hydrogen-bond acceptors (Lipinski definition) is 1. The second kappa shape index (κ2) is 2.23. The predicted molar refractivity (Wildman–Crippen MR) is 54.4 cm³/mol. The molecule has 4 unspecified atom stereocenters. The van der Waals surface area contributed by atoms with E-state index < -0.39 is 0 Å². The van der Waals surface area contributed by atoms with Crippen molar-refractivity contribution >= 4 is 11.8 Å². The highest BCUT2D eigenvalue weighted by molar-refractivity contribution is 8.00. The SMILES string of the molecule is CC(C)SC1CC2CC23CCC13. The fourth-order valence-corrected chi connectivity index (χ4v) is 5.30. The van der Waals surface area contributed by atoms with Crippen LogP contribution in [0.4, 0.5) is 0 Å². The Kier molecular flexibility index (Phi) is 1.44. The summed E-state index contributed by atoms with van der Waals surface area (Å²) in [4.78, 5) is 0. The monoisotopic (exact) mass is 182 g/mol. The minimum absolute atomic E-state index is 0.852. The molecule has 3 rings (SSSR count). The molecule has 0 bridgehead atoms. The first kappa shape index (κ1) is 7.73. The summed E-state index contributed by atoms with van der Waals surface area (Å²) >= 11 is 2.25. The molecule has 0 heterocycles. The van der Waals surface area contributed by atoms with Crippen LogP contribution in [0.3, 0.4) is 0 Å². The Morgan fingerprint density at radius 1 is 1.42 bits per heavy atom. The van der Waals surface area contributed by atoms with Crippen molar-refractivity contribution in [2.24, 2.45) is 17.3 Å². The molecule has 12 heavy (non-hydrogen) atoms. The summed E-state index contributed by atoms with van der Waals surface area (Å²) in [6.45, 7) is 4.69. The minimum Gasteiger partial charge on any atom is -0.155 e.